The molecule has 2 atom stereocenters. The molecule has 0 radical (unpaired) electrons. The van der Waals surface area contributed by atoms with Crippen molar-refractivity contribution in [3.05, 3.63) is 0 Å². The zero-order valence-corrected chi connectivity index (χ0v) is 12.9. The highest BCUT2D eigenvalue weighted by Crippen LogP contribution is 2.09. The van der Waals surface area contributed by atoms with E-state index in [9.17, 15) is 14.4 Å². The van der Waals surface area contributed by atoms with Crippen LogP contribution in [0.4, 0.5) is 4.79 Å². The van der Waals surface area contributed by atoms with Gasteiger partial charge in [-0.2, -0.15) is 11.8 Å². The molecule has 0 spiro atoms. The number of thioether (sulfide) groups is 1. The fourth-order valence-electron chi connectivity index (χ4n) is 1.96. The van der Waals surface area contributed by atoms with Crippen LogP contribution in [0.15, 0.2) is 0 Å². The Morgan fingerprint density at radius 1 is 1.48 bits per heavy atom. The molecule has 1 heterocycles. The summed E-state index contributed by atoms with van der Waals surface area (Å²) in [6, 6.07) is -2.25. The molecule has 21 heavy (non-hydrogen) atoms. The van der Waals surface area contributed by atoms with Crippen molar-refractivity contribution in [2.24, 2.45) is 0 Å². The van der Waals surface area contributed by atoms with E-state index in [0.717, 1.165) is 0 Å². The molecule has 1 fully saturated rings. The van der Waals surface area contributed by atoms with E-state index in [4.69, 9.17) is 9.84 Å². The van der Waals surface area contributed by atoms with Crippen LogP contribution < -0.4 is 10.6 Å². The molecule has 1 aliphatic rings. The first-order valence-electron chi connectivity index (χ1n) is 6.59. The van der Waals surface area contributed by atoms with E-state index in [1.54, 1.807) is 0 Å². The van der Waals surface area contributed by atoms with Crippen LogP contribution in [0.2, 0.25) is 0 Å². The average Bonchev–Trinajstić information content (AvgIpc) is 2.50. The lowest BCUT2D eigenvalue weighted by Crippen LogP contribution is -2.59. The number of hydrogen-bond acceptors (Lipinski definition) is 5. The van der Waals surface area contributed by atoms with Crippen molar-refractivity contribution in [2.75, 3.05) is 38.8 Å². The van der Waals surface area contributed by atoms with Gasteiger partial charge >= 0.3 is 12.0 Å². The molecule has 8 nitrogen and oxygen atoms in total. The lowest BCUT2D eigenvalue weighted by atomic mass is 10.2. The molecule has 0 aromatic carbocycles. The number of nitrogens with one attached hydrogen (secondary N) is 2. The van der Waals surface area contributed by atoms with Gasteiger partial charge in [0.1, 0.15) is 12.1 Å². The number of aliphatic carboxylic acids is 1. The molecular formula is C12H21N3O5S. The van der Waals surface area contributed by atoms with Crippen molar-refractivity contribution < 1.29 is 24.2 Å². The summed E-state index contributed by atoms with van der Waals surface area (Å²) in [6.07, 6.45) is 2.20. The number of urea groups is 1. The Morgan fingerprint density at radius 3 is 2.76 bits per heavy atom. The quantitative estimate of drug-likeness (QED) is 0.600. The normalized spacial score (nSPS) is 19.7. The molecular weight excluding hydrogens is 298 g/mol. The number of nitrogens with zero attached hydrogens (tertiary/aromatic N) is 1. The smallest absolute Gasteiger partial charge is 0.326 e. The Bertz CT molecular complexity index is 393. The number of carboxylic acid groups (broad SMARTS) is 1. The summed E-state index contributed by atoms with van der Waals surface area (Å²) in [5, 5.41) is 14.1. The summed E-state index contributed by atoms with van der Waals surface area (Å²) < 4.78 is 5.20. The van der Waals surface area contributed by atoms with Gasteiger partial charge in [-0.05, 0) is 18.4 Å². The summed E-state index contributed by atoms with van der Waals surface area (Å²) in [7, 11) is 1.48. The van der Waals surface area contributed by atoms with Crippen molar-refractivity contribution >= 4 is 29.7 Å². The summed E-state index contributed by atoms with van der Waals surface area (Å²) in [6.45, 7) is 0.678. The molecule has 1 aliphatic heterocycles. The van der Waals surface area contributed by atoms with Gasteiger partial charge in [-0.25, -0.2) is 9.59 Å². The van der Waals surface area contributed by atoms with Crippen molar-refractivity contribution in [3.8, 4) is 0 Å². The van der Waals surface area contributed by atoms with E-state index in [0.29, 0.717) is 18.8 Å². The van der Waals surface area contributed by atoms with E-state index in [2.05, 4.69) is 10.6 Å². The maximum Gasteiger partial charge on any atom is 0.326 e. The van der Waals surface area contributed by atoms with Gasteiger partial charge in [-0.15, -0.1) is 0 Å². The van der Waals surface area contributed by atoms with Gasteiger partial charge in [0.05, 0.1) is 13.2 Å². The second-order valence-electron chi connectivity index (χ2n) is 4.52. The largest absolute Gasteiger partial charge is 0.480 e. The van der Waals surface area contributed by atoms with Crippen LogP contribution in [0, 0.1) is 0 Å². The Labute approximate surface area is 127 Å². The molecule has 3 amide bonds. The predicted molar refractivity (Wildman–Crippen MR) is 78.3 cm³/mol. The predicted octanol–water partition coefficient (Wildman–Crippen LogP) is -0.651. The Kier molecular flexibility index (Phi) is 7.30. The Morgan fingerprint density at radius 2 is 2.19 bits per heavy atom. The molecule has 0 bridgehead atoms. The number of morpholine rings is 1. The highest BCUT2D eigenvalue weighted by Gasteiger charge is 2.34. The van der Waals surface area contributed by atoms with Gasteiger partial charge in [0, 0.05) is 13.6 Å². The van der Waals surface area contributed by atoms with Crippen LogP contribution in [0.5, 0.6) is 0 Å². The summed E-state index contributed by atoms with van der Waals surface area (Å²) in [5.74, 6) is -0.790. The molecule has 0 aliphatic carbocycles. The number of likely N-dealkylation sites (N-methyl/N-ethyl adjacent to an activating group) is 1. The third-order valence-electron chi connectivity index (χ3n) is 3.14. The van der Waals surface area contributed by atoms with Crippen molar-refractivity contribution in [1.29, 1.82) is 0 Å². The monoisotopic (exact) mass is 319 g/mol. The minimum Gasteiger partial charge on any atom is -0.480 e. The van der Waals surface area contributed by atoms with Crippen molar-refractivity contribution in [3.63, 3.8) is 0 Å². The first kappa shape index (κ1) is 17.6. The third kappa shape index (κ3) is 5.09. The maximum atomic E-state index is 12.2. The molecule has 1 unspecified atom stereocenters. The van der Waals surface area contributed by atoms with Crippen LogP contribution >= 0.6 is 11.8 Å². The third-order valence-corrected chi connectivity index (χ3v) is 3.79. The standard InChI is InChI=1S/C12H21N3O5S/c1-13-10(16)9-7-20-5-4-15(9)12(19)14-8(11(17)18)3-6-21-2/h8-9H,3-7H2,1-2H3,(H,13,16)(H,14,19)(H,17,18)/t8-,9?/m1/s1. The van der Waals surface area contributed by atoms with Gasteiger partial charge in [0.25, 0.3) is 0 Å². The number of carboxylic acids is 1. The van der Waals surface area contributed by atoms with Gasteiger partial charge in [-0.1, -0.05) is 0 Å². The van der Waals surface area contributed by atoms with Gasteiger partial charge < -0.3 is 25.4 Å². The van der Waals surface area contributed by atoms with E-state index >= 15 is 0 Å². The van der Waals surface area contributed by atoms with Gasteiger partial charge in [0.2, 0.25) is 5.91 Å². The van der Waals surface area contributed by atoms with E-state index < -0.39 is 24.1 Å². The van der Waals surface area contributed by atoms with Crippen LogP contribution in [0.25, 0.3) is 0 Å². The Hall–Kier alpha value is -1.48. The van der Waals surface area contributed by atoms with Crippen molar-refractivity contribution in [1.82, 2.24) is 15.5 Å². The number of amides is 3. The molecule has 1 rings (SSSR count). The lowest BCUT2D eigenvalue weighted by molar-refractivity contribution is -0.139. The summed E-state index contributed by atoms with van der Waals surface area (Å²) >= 11 is 1.51. The number of carbonyl (C=O) groups is 3. The average molecular weight is 319 g/mol. The molecule has 0 aromatic heterocycles. The van der Waals surface area contributed by atoms with E-state index in [1.807, 2.05) is 6.26 Å². The minimum atomic E-state index is -1.08. The van der Waals surface area contributed by atoms with Crippen LogP contribution in [-0.4, -0.2) is 78.8 Å². The fraction of sp³-hybridized carbons (Fsp3) is 0.750. The van der Waals surface area contributed by atoms with Crippen molar-refractivity contribution in [2.45, 2.75) is 18.5 Å². The highest BCUT2D eigenvalue weighted by molar-refractivity contribution is 7.98. The second-order valence-corrected chi connectivity index (χ2v) is 5.51. The molecule has 3 N–H and O–H groups in total. The fourth-order valence-corrected chi connectivity index (χ4v) is 2.43. The first-order chi connectivity index (χ1) is 10.0. The molecule has 0 aromatic rings. The molecule has 9 heteroatoms. The second kappa shape index (κ2) is 8.73. The van der Waals surface area contributed by atoms with Crippen LogP contribution in [0.3, 0.4) is 0 Å². The zero-order chi connectivity index (χ0) is 15.8. The number of rotatable bonds is 6. The van der Waals surface area contributed by atoms with Crippen LogP contribution in [0.1, 0.15) is 6.42 Å². The first-order valence-corrected chi connectivity index (χ1v) is 7.98. The molecule has 1 saturated heterocycles. The lowest BCUT2D eigenvalue weighted by Gasteiger charge is -2.34. The van der Waals surface area contributed by atoms with E-state index in [-0.39, 0.29) is 19.1 Å². The summed E-state index contributed by atoms with van der Waals surface area (Å²) in [4.78, 5) is 36.4. The number of ether oxygens (including phenoxy) is 1. The zero-order valence-electron chi connectivity index (χ0n) is 12.1. The highest BCUT2D eigenvalue weighted by atomic mass is 32.2. The molecule has 120 valence electrons. The van der Waals surface area contributed by atoms with Crippen LogP contribution in [-0.2, 0) is 14.3 Å². The SMILES string of the molecule is CNC(=O)C1COCCN1C(=O)N[C@H](CCSC)C(=O)O. The topological polar surface area (TPSA) is 108 Å². The van der Waals surface area contributed by atoms with Gasteiger partial charge in [-0.3, -0.25) is 4.79 Å². The number of carbonyl (C=O) groups excluding carboxylic acids is 2. The Balaban J connectivity index is 2.69. The molecule has 0 saturated carbocycles. The van der Waals surface area contributed by atoms with E-state index in [1.165, 1.54) is 23.7 Å². The van der Waals surface area contributed by atoms with Gasteiger partial charge in [0.15, 0.2) is 0 Å². The summed E-state index contributed by atoms with van der Waals surface area (Å²) in [5.41, 5.74) is 0. The number of hydrogen-bond donors (Lipinski definition) is 3. The maximum absolute atomic E-state index is 12.2. The minimum absolute atomic E-state index is 0.107.